The van der Waals surface area contributed by atoms with E-state index < -0.39 is 16.8 Å². The quantitative estimate of drug-likeness (QED) is 0.195. The normalized spacial score (nSPS) is 10.6. The van der Waals surface area contributed by atoms with Crippen LogP contribution in [0, 0.1) is 17.0 Å². The van der Waals surface area contributed by atoms with Crippen molar-refractivity contribution in [3.05, 3.63) is 81.2 Å². The molecule has 11 heteroatoms. The van der Waals surface area contributed by atoms with Crippen molar-refractivity contribution >= 4 is 23.8 Å². The standard InChI is InChI=1S/C20H17N5O6/c1-12-9-16(23-22-12)19(26)24-21-11-13-3-8-17(18(10-13)30-2)31-20(27)14-4-6-15(7-5-14)25(28)29/h3-11H,1-2H3,(H,22,23)(H,24,26). The zero-order valence-corrected chi connectivity index (χ0v) is 16.5. The van der Waals surface area contributed by atoms with Crippen molar-refractivity contribution in [2.24, 2.45) is 5.10 Å². The molecule has 2 N–H and O–H groups in total. The number of nitro benzene ring substituents is 1. The highest BCUT2D eigenvalue weighted by molar-refractivity contribution is 5.93. The molecule has 0 saturated heterocycles. The Morgan fingerprint density at radius 2 is 1.90 bits per heavy atom. The van der Waals surface area contributed by atoms with Crippen molar-refractivity contribution in [2.45, 2.75) is 6.92 Å². The van der Waals surface area contributed by atoms with Crippen molar-refractivity contribution in [3.63, 3.8) is 0 Å². The number of nitrogens with one attached hydrogen (secondary N) is 2. The Morgan fingerprint density at radius 1 is 1.16 bits per heavy atom. The second kappa shape index (κ2) is 9.31. The number of ether oxygens (including phenoxy) is 2. The van der Waals surface area contributed by atoms with Crippen LogP contribution in [0.5, 0.6) is 11.5 Å². The van der Waals surface area contributed by atoms with Gasteiger partial charge < -0.3 is 9.47 Å². The number of hydrogen-bond donors (Lipinski definition) is 2. The number of aromatic nitrogens is 2. The molecule has 0 saturated carbocycles. The van der Waals surface area contributed by atoms with E-state index in [1.165, 1.54) is 43.7 Å². The van der Waals surface area contributed by atoms with Crippen LogP contribution in [0.4, 0.5) is 5.69 Å². The Bertz CT molecular complexity index is 1150. The maximum absolute atomic E-state index is 12.3. The SMILES string of the molecule is COc1cc(C=NNC(=O)c2cc(C)[nH]n2)ccc1OC(=O)c1ccc([N+](=O)[O-])cc1. The van der Waals surface area contributed by atoms with Gasteiger partial charge in [-0.1, -0.05) is 0 Å². The first kappa shape index (κ1) is 21.2. The molecule has 3 rings (SSSR count). The zero-order valence-electron chi connectivity index (χ0n) is 16.5. The maximum Gasteiger partial charge on any atom is 0.343 e. The van der Waals surface area contributed by atoms with E-state index in [0.717, 1.165) is 5.69 Å². The summed E-state index contributed by atoms with van der Waals surface area (Å²) in [6.07, 6.45) is 1.39. The first-order valence-electron chi connectivity index (χ1n) is 8.87. The monoisotopic (exact) mass is 423 g/mol. The average molecular weight is 423 g/mol. The first-order valence-corrected chi connectivity index (χ1v) is 8.87. The summed E-state index contributed by atoms with van der Waals surface area (Å²) in [7, 11) is 1.40. The Hall–Kier alpha value is -4.54. The van der Waals surface area contributed by atoms with Gasteiger partial charge in [0.25, 0.3) is 11.6 Å². The molecule has 1 aromatic heterocycles. The predicted molar refractivity (Wildman–Crippen MR) is 109 cm³/mol. The molecule has 1 amide bonds. The maximum atomic E-state index is 12.3. The lowest BCUT2D eigenvalue weighted by Crippen LogP contribution is -2.18. The highest BCUT2D eigenvalue weighted by Gasteiger charge is 2.14. The molecular weight excluding hydrogens is 406 g/mol. The van der Waals surface area contributed by atoms with E-state index in [0.29, 0.717) is 5.56 Å². The second-order valence-corrected chi connectivity index (χ2v) is 6.24. The van der Waals surface area contributed by atoms with Gasteiger partial charge in [-0.25, -0.2) is 10.2 Å². The summed E-state index contributed by atoms with van der Waals surface area (Å²) < 4.78 is 10.6. The summed E-state index contributed by atoms with van der Waals surface area (Å²) in [4.78, 5) is 34.4. The van der Waals surface area contributed by atoms with Crippen molar-refractivity contribution in [1.82, 2.24) is 15.6 Å². The number of rotatable bonds is 7. The minimum absolute atomic E-state index is 0.132. The van der Waals surface area contributed by atoms with Crippen molar-refractivity contribution in [3.8, 4) is 11.5 Å². The van der Waals surface area contributed by atoms with Gasteiger partial charge in [0.15, 0.2) is 17.2 Å². The van der Waals surface area contributed by atoms with Gasteiger partial charge in [-0.3, -0.25) is 20.0 Å². The number of nitrogens with zero attached hydrogens (tertiary/aromatic N) is 3. The number of nitro groups is 1. The van der Waals surface area contributed by atoms with E-state index in [4.69, 9.17) is 9.47 Å². The molecular formula is C20H17N5O6. The molecule has 0 radical (unpaired) electrons. The molecule has 1 heterocycles. The van der Waals surface area contributed by atoms with Gasteiger partial charge >= 0.3 is 5.97 Å². The summed E-state index contributed by atoms with van der Waals surface area (Å²) in [5.74, 6) is -0.759. The van der Waals surface area contributed by atoms with Gasteiger partial charge in [0.05, 0.1) is 23.8 Å². The van der Waals surface area contributed by atoms with Crippen LogP contribution in [-0.4, -0.2) is 40.3 Å². The number of methoxy groups -OCH3 is 1. The van der Waals surface area contributed by atoms with E-state index in [2.05, 4.69) is 20.7 Å². The number of aryl methyl sites for hydroxylation is 1. The molecule has 2 aromatic carbocycles. The molecule has 158 valence electrons. The lowest BCUT2D eigenvalue weighted by molar-refractivity contribution is -0.384. The molecule has 3 aromatic rings. The molecule has 11 nitrogen and oxygen atoms in total. The molecule has 0 aliphatic rings. The van der Waals surface area contributed by atoms with Crippen LogP contribution < -0.4 is 14.9 Å². The van der Waals surface area contributed by atoms with Gasteiger partial charge in [0.2, 0.25) is 0 Å². The lowest BCUT2D eigenvalue weighted by atomic mass is 10.2. The van der Waals surface area contributed by atoms with Gasteiger partial charge in [0.1, 0.15) is 0 Å². The third-order valence-electron chi connectivity index (χ3n) is 4.02. The highest BCUT2D eigenvalue weighted by Crippen LogP contribution is 2.28. The minimum atomic E-state index is -0.698. The number of non-ortho nitro benzene ring substituents is 1. The largest absolute Gasteiger partial charge is 0.493 e. The molecule has 0 fully saturated rings. The molecule has 0 atom stereocenters. The third kappa shape index (κ3) is 5.29. The fourth-order valence-corrected chi connectivity index (χ4v) is 2.48. The van der Waals surface area contributed by atoms with Crippen LogP contribution in [0.15, 0.2) is 53.6 Å². The number of esters is 1. The number of H-pyrrole nitrogens is 1. The van der Waals surface area contributed by atoms with Crippen LogP contribution in [0.25, 0.3) is 0 Å². The Kier molecular flexibility index (Phi) is 6.36. The molecule has 0 unspecified atom stereocenters. The van der Waals surface area contributed by atoms with Crippen LogP contribution >= 0.6 is 0 Å². The summed E-state index contributed by atoms with van der Waals surface area (Å²) in [5, 5.41) is 21.1. The smallest absolute Gasteiger partial charge is 0.343 e. The molecule has 0 aliphatic carbocycles. The van der Waals surface area contributed by atoms with Crippen LogP contribution in [0.2, 0.25) is 0 Å². The number of aromatic amines is 1. The first-order chi connectivity index (χ1) is 14.9. The molecule has 0 spiro atoms. The lowest BCUT2D eigenvalue weighted by Gasteiger charge is -2.10. The number of hydrogen-bond acceptors (Lipinski definition) is 8. The second-order valence-electron chi connectivity index (χ2n) is 6.24. The van der Waals surface area contributed by atoms with E-state index >= 15 is 0 Å². The fourth-order valence-electron chi connectivity index (χ4n) is 2.48. The number of carbonyl (C=O) groups is 2. The van der Waals surface area contributed by atoms with Gasteiger partial charge in [-0.15, -0.1) is 0 Å². The summed E-state index contributed by atoms with van der Waals surface area (Å²) >= 11 is 0. The average Bonchev–Trinajstić information content (AvgIpc) is 3.21. The zero-order chi connectivity index (χ0) is 22.4. The van der Waals surface area contributed by atoms with E-state index in [1.54, 1.807) is 25.1 Å². The minimum Gasteiger partial charge on any atom is -0.493 e. The van der Waals surface area contributed by atoms with Crippen LogP contribution in [0.1, 0.15) is 32.1 Å². The summed E-state index contributed by atoms with van der Waals surface area (Å²) in [6.45, 7) is 1.77. The Labute approximate surface area is 175 Å². The highest BCUT2D eigenvalue weighted by atomic mass is 16.6. The Balaban J connectivity index is 1.67. The summed E-state index contributed by atoms with van der Waals surface area (Å²) in [6, 6.07) is 11.3. The fraction of sp³-hybridized carbons (Fsp3) is 0.100. The Morgan fingerprint density at radius 3 is 2.52 bits per heavy atom. The summed E-state index contributed by atoms with van der Waals surface area (Å²) in [5.41, 5.74) is 3.90. The molecule has 0 aliphatic heterocycles. The molecule has 0 bridgehead atoms. The van der Waals surface area contributed by atoms with Gasteiger partial charge in [-0.05, 0) is 48.9 Å². The van der Waals surface area contributed by atoms with Crippen LogP contribution in [0.3, 0.4) is 0 Å². The number of carbonyl (C=O) groups excluding carboxylic acids is 2. The van der Waals surface area contributed by atoms with E-state index in [9.17, 15) is 19.7 Å². The van der Waals surface area contributed by atoms with E-state index in [1.807, 2.05) is 0 Å². The van der Waals surface area contributed by atoms with Crippen molar-refractivity contribution in [2.75, 3.05) is 7.11 Å². The number of hydrazone groups is 1. The van der Waals surface area contributed by atoms with Crippen molar-refractivity contribution < 1.29 is 24.0 Å². The van der Waals surface area contributed by atoms with Crippen LogP contribution in [-0.2, 0) is 0 Å². The number of benzene rings is 2. The van der Waals surface area contributed by atoms with Crippen molar-refractivity contribution in [1.29, 1.82) is 0 Å². The van der Waals surface area contributed by atoms with Gasteiger partial charge in [0, 0.05) is 17.8 Å². The predicted octanol–water partition coefficient (Wildman–Crippen LogP) is 2.62. The van der Waals surface area contributed by atoms with E-state index in [-0.39, 0.29) is 28.4 Å². The topological polar surface area (TPSA) is 149 Å². The third-order valence-corrected chi connectivity index (χ3v) is 4.02. The molecule has 31 heavy (non-hydrogen) atoms. The number of amides is 1. The van der Waals surface area contributed by atoms with Gasteiger partial charge in [-0.2, -0.15) is 10.2 Å².